The van der Waals surface area contributed by atoms with Crippen molar-refractivity contribution in [3.63, 3.8) is 0 Å². The van der Waals surface area contributed by atoms with Crippen molar-refractivity contribution in [3.05, 3.63) is 59.3 Å². The molecule has 1 aromatic carbocycles. The minimum atomic E-state index is -0.840. The van der Waals surface area contributed by atoms with Crippen molar-refractivity contribution in [1.29, 1.82) is 5.26 Å². The number of pyridine rings is 1. The molecule has 1 fully saturated rings. The average Bonchev–Trinajstić information content (AvgIpc) is 2.91. The van der Waals surface area contributed by atoms with Gasteiger partial charge in [0.05, 0.1) is 11.6 Å². The van der Waals surface area contributed by atoms with E-state index in [2.05, 4.69) is 15.2 Å². The molecule has 0 saturated carbocycles. The zero-order chi connectivity index (χ0) is 16.4. The highest BCUT2D eigenvalue weighted by atomic mass is 19.2. The van der Waals surface area contributed by atoms with Gasteiger partial charge in [0.25, 0.3) is 0 Å². The van der Waals surface area contributed by atoms with Gasteiger partial charge in [0.1, 0.15) is 11.9 Å². The Morgan fingerprint density at radius 2 is 2.09 bits per heavy atom. The molecule has 6 heteroatoms. The number of likely N-dealkylation sites (N-methyl/N-ethyl adjacent to an activating group) is 1. The number of aromatic nitrogens is 1. The van der Waals surface area contributed by atoms with Crippen LogP contribution in [-0.4, -0.2) is 29.5 Å². The summed E-state index contributed by atoms with van der Waals surface area (Å²) in [5.74, 6) is -1.01. The highest BCUT2D eigenvalue weighted by Gasteiger charge is 2.33. The number of halogens is 2. The number of rotatable bonds is 3. The molecule has 0 spiro atoms. The Morgan fingerprint density at radius 3 is 2.74 bits per heavy atom. The number of likely N-dealkylation sites (tertiary alicyclic amines) is 1. The van der Waals surface area contributed by atoms with E-state index in [0.29, 0.717) is 11.4 Å². The lowest BCUT2D eigenvalue weighted by molar-refractivity contribution is 0.307. The van der Waals surface area contributed by atoms with Crippen molar-refractivity contribution in [2.24, 2.45) is 0 Å². The molecule has 1 aliphatic heterocycles. The molecule has 3 rings (SSSR count). The Kier molecular flexibility index (Phi) is 4.22. The minimum Gasteiger partial charge on any atom is -0.365 e. The molecule has 0 radical (unpaired) electrons. The van der Waals surface area contributed by atoms with Gasteiger partial charge in [-0.15, -0.1) is 0 Å². The minimum absolute atomic E-state index is 0.0327. The van der Waals surface area contributed by atoms with Crippen molar-refractivity contribution in [3.8, 4) is 6.07 Å². The van der Waals surface area contributed by atoms with Crippen molar-refractivity contribution in [1.82, 2.24) is 9.88 Å². The van der Waals surface area contributed by atoms with E-state index in [9.17, 15) is 8.78 Å². The number of nitrogens with zero attached hydrogens (tertiary/aromatic N) is 3. The van der Waals surface area contributed by atoms with Crippen molar-refractivity contribution >= 4 is 5.82 Å². The Morgan fingerprint density at radius 1 is 1.26 bits per heavy atom. The standard InChI is InChI=1S/C17H16F2N4/c1-23-7-6-15(22-16-5-2-11(9-20)10-21-16)17(23)12-3-4-13(18)14(19)8-12/h2-5,8,10,15,17H,6-7H2,1H3,(H,21,22)/t15-,17-/m1/s1. The first-order chi connectivity index (χ1) is 11.1. The predicted octanol–water partition coefficient (Wildman–Crippen LogP) is 3.09. The Balaban J connectivity index is 1.82. The van der Waals surface area contributed by atoms with Crippen LogP contribution in [0.3, 0.4) is 0 Å². The third-order valence-electron chi connectivity index (χ3n) is 4.16. The van der Waals surface area contributed by atoms with Gasteiger partial charge in [0.15, 0.2) is 11.6 Å². The highest BCUT2D eigenvalue weighted by molar-refractivity contribution is 5.41. The lowest BCUT2D eigenvalue weighted by Crippen LogP contribution is -2.29. The average molecular weight is 314 g/mol. The summed E-state index contributed by atoms with van der Waals surface area (Å²) in [5.41, 5.74) is 1.23. The highest BCUT2D eigenvalue weighted by Crippen LogP contribution is 2.33. The molecule has 2 atom stereocenters. The van der Waals surface area contributed by atoms with Crippen LogP contribution in [0.5, 0.6) is 0 Å². The van der Waals surface area contributed by atoms with E-state index in [1.54, 1.807) is 18.2 Å². The maximum atomic E-state index is 13.5. The Labute approximate surface area is 133 Å². The molecular weight excluding hydrogens is 298 g/mol. The summed E-state index contributed by atoms with van der Waals surface area (Å²) < 4.78 is 26.7. The van der Waals surface area contributed by atoms with Crippen molar-refractivity contribution in [2.45, 2.75) is 18.5 Å². The molecule has 118 valence electrons. The first-order valence-corrected chi connectivity index (χ1v) is 7.36. The summed E-state index contributed by atoms with van der Waals surface area (Å²) in [7, 11) is 1.96. The van der Waals surface area contributed by atoms with E-state index in [0.717, 1.165) is 24.6 Å². The summed E-state index contributed by atoms with van der Waals surface area (Å²) in [6.07, 6.45) is 2.37. The van der Waals surface area contributed by atoms with Gasteiger partial charge < -0.3 is 5.32 Å². The first-order valence-electron chi connectivity index (χ1n) is 7.36. The molecule has 0 bridgehead atoms. The molecule has 1 N–H and O–H groups in total. The fourth-order valence-corrected chi connectivity index (χ4v) is 3.02. The van der Waals surface area contributed by atoms with Crippen LogP contribution >= 0.6 is 0 Å². The third-order valence-corrected chi connectivity index (χ3v) is 4.16. The van der Waals surface area contributed by atoms with Crippen LogP contribution in [0.15, 0.2) is 36.5 Å². The first kappa shape index (κ1) is 15.4. The van der Waals surface area contributed by atoms with Gasteiger partial charge in [-0.2, -0.15) is 5.26 Å². The fraction of sp³-hybridized carbons (Fsp3) is 0.294. The number of nitrogens with one attached hydrogen (secondary N) is 1. The molecule has 4 nitrogen and oxygen atoms in total. The zero-order valence-electron chi connectivity index (χ0n) is 12.6. The molecule has 0 amide bonds. The van der Waals surface area contributed by atoms with Gasteiger partial charge in [0.2, 0.25) is 0 Å². The van der Waals surface area contributed by atoms with Gasteiger partial charge in [-0.1, -0.05) is 6.07 Å². The van der Waals surface area contributed by atoms with Gasteiger partial charge in [-0.25, -0.2) is 13.8 Å². The second-order valence-electron chi connectivity index (χ2n) is 5.68. The third kappa shape index (κ3) is 3.15. The van der Waals surface area contributed by atoms with Crippen molar-refractivity contribution in [2.75, 3.05) is 18.9 Å². The molecule has 2 heterocycles. The van der Waals surface area contributed by atoms with Crippen LogP contribution < -0.4 is 5.32 Å². The summed E-state index contributed by atoms with van der Waals surface area (Å²) in [4.78, 5) is 6.32. The predicted molar refractivity (Wildman–Crippen MR) is 82.7 cm³/mol. The Bertz CT molecular complexity index is 739. The van der Waals surface area contributed by atoms with E-state index in [1.165, 1.54) is 12.3 Å². The molecule has 1 aromatic heterocycles. The second-order valence-corrected chi connectivity index (χ2v) is 5.68. The van der Waals surface area contributed by atoms with Crippen LogP contribution in [0.4, 0.5) is 14.6 Å². The number of benzene rings is 1. The molecule has 1 saturated heterocycles. The Hall–Kier alpha value is -2.52. The van der Waals surface area contributed by atoms with Gasteiger partial charge in [-0.05, 0) is 43.3 Å². The summed E-state index contributed by atoms with van der Waals surface area (Å²) in [6.45, 7) is 0.845. The normalized spacial score (nSPS) is 21.1. The van der Waals surface area contributed by atoms with Crippen LogP contribution in [-0.2, 0) is 0 Å². The topological polar surface area (TPSA) is 52.0 Å². The van der Waals surface area contributed by atoms with E-state index in [1.807, 2.05) is 13.1 Å². The van der Waals surface area contributed by atoms with Crippen LogP contribution in [0.1, 0.15) is 23.6 Å². The summed E-state index contributed by atoms with van der Waals surface area (Å²) >= 11 is 0. The number of nitriles is 1. The van der Waals surface area contributed by atoms with E-state index >= 15 is 0 Å². The van der Waals surface area contributed by atoms with Crippen LogP contribution in [0.2, 0.25) is 0 Å². The zero-order valence-corrected chi connectivity index (χ0v) is 12.6. The SMILES string of the molecule is CN1CC[C@@H](Nc2ccc(C#N)cn2)[C@H]1c1ccc(F)c(F)c1. The second kappa shape index (κ2) is 6.31. The number of anilines is 1. The molecule has 23 heavy (non-hydrogen) atoms. The van der Waals surface area contributed by atoms with Gasteiger partial charge in [-0.3, -0.25) is 4.90 Å². The van der Waals surface area contributed by atoms with E-state index in [-0.39, 0.29) is 12.1 Å². The fourth-order valence-electron chi connectivity index (χ4n) is 3.02. The van der Waals surface area contributed by atoms with E-state index < -0.39 is 11.6 Å². The smallest absolute Gasteiger partial charge is 0.159 e. The van der Waals surface area contributed by atoms with E-state index in [4.69, 9.17) is 5.26 Å². The summed E-state index contributed by atoms with van der Waals surface area (Å²) in [5, 5.41) is 12.1. The molecule has 0 unspecified atom stereocenters. The monoisotopic (exact) mass is 314 g/mol. The molecule has 2 aromatic rings. The van der Waals surface area contributed by atoms with Crippen LogP contribution in [0, 0.1) is 23.0 Å². The van der Waals surface area contributed by atoms with Gasteiger partial charge in [0, 0.05) is 18.8 Å². The lowest BCUT2D eigenvalue weighted by atomic mass is 10.00. The van der Waals surface area contributed by atoms with Gasteiger partial charge >= 0.3 is 0 Å². The maximum Gasteiger partial charge on any atom is 0.159 e. The maximum absolute atomic E-state index is 13.5. The number of hydrogen-bond donors (Lipinski definition) is 1. The molecule has 1 aliphatic rings. The lowest BCUT2D eigenvalue weighted by Gasteiger charge is -2.26. The van der Waals surface area contributed by atoms with Crippen molar-refractivity contribution < 1.29 is 8.78 Å². The number of hydrogen-bond acceptors (Lipinski definition) is 4. The molecule has 0 aliphatic carbocycles. The van der Waals surface area contributed by atoms with Crippen LogP contribution in [0.25, 0.3) is 0 Å². The quantitative estimate of drug-likeness (QED) is 0.946. The largest absolute Gasteiger partial charge is 0.365 e. The molecular formula is C17H16F2N4. The summed E-state index contributed by atoms with van der Waals surface area (Å²) in [6, 6.07) is 9.47.